The molecule has 0 aromatic heterocycles. The number of alkyl halides is 6. The molecule has 0 aliphatic carbocycles. The summed E-state index contributed by atoms with van der Waals surface area (Å²) < 4.78 is 113. The maximum absolute atomic E-state index is 14.0. The number of rotatable bonds is 4. The minimum absolute atomic E-state index is 0.182. The quantitative estimate of drug-likeness (QED) is 0.401. The zero-order chi connectivity index (χ0) is 24.6. The van der Waals surface area contributed by atoms with E-state index in [2.05, 4.69) is 0 Å². The summed E-state index contributed by atoms with van der Waals surface area (Å²) in [4.78, 5) is 12.2. The van der Waals surface area contributed by atoms with Crippen molar-refractivity contribution >= 4 is 11.6 Å². The molecule has 0 atom stereocenters. The van der Waals surface area contributed by atoms with Crippen LogP contribution in [0.5, 0.6) is 11.5 Å². The van der Waals surface area contributed by atoms with Crippen molar-refractivity contribution in [3.8, 4) is 11.5 Å². The number of carbonyl (C=O) groups is 1. The molecule has 3 rings (SSSR count). The van der Waals surface area contributed by atoms with Gasteiger partial charge in [-0.2, -0.15) is 26.3 Å². The molecule has 174 valence electrons. The van der Waals surface area contributed by atoms with E-state index in [1.54, 1.807) is 0 Å². The first-order chi connectivity index (χ1) is 15.3. The van der Waals surface area contributed by atoms with E-state index in [1.165, 1.54) is 6.92 Å². The topological polar surface area (TPSA) is 38.3 Å². The first-order valence-electron chi connectivity index (χ1n) is 9.09. The monoisotopic (exact) mass is 475 g/mol. The van der Waals surface area contributed by atoms with Gasteiger partial charge in [0.25, 0.3) is 5.91 Å². The highest BCUT2D eigenvalue weighted by Gasteiger charge is 2.37. The number of hydrogen-bond acceptors (Lipinski definition) is 2. The Balaban J connectivity index is 1.97. The number of carbonyl (C=O) groups excluding carboxylic acids is 1. The van der Waals surface area contributed by atoms with Crippen LogP contribution in [0, 0.1) is 18.6 Å². The van der Waals surface area contributed by atoms with E-state index in [-0.39, 0.29) is 5.56 Å². The van der Waals surface area contributed by atoms with Crippen LogP contribution in [0.4, 0.5) is 40.8 Å². The molecule has 0 fully saturated rings. The standard InChI is InChI=1S/C22H13F8NO2/c1-11-8-15(23)19(16(24)9-11)20(32)31-12-6-7-18(14(10-12)22(28,29)30)33-17-5-3-2-4-13(17)21(25,26)27/h2-10H,1H3,(H,31,32). The van der Waals surface area contributed by atoms with Crippen LogP contribution in [0.25, 0.3) is 0 Å². The number of hydrogen-bond donors (Lipinski definition) is 1. The summed E-state index contributed by atoms with van der Waals surface area (Å²) in [5, 5.41) is 1.94. The molecular weight excluding hydrogens is 462 g/mol. The highest BCUT2D eigenvalue weighted by molar-refractivity contribution is 6.04. The summed E-state index contributed by atoms with van der Waals surface area (Å²) in [5.74, 6) is -5.62. The summed E-state index contributed by atoms with van der Waals surface area (Å²) in [6, 6.07) is 7.38. The molecule has 3 aromatic rings. The van der Waals surface area contributed by atoms with Crippen LogP contribution in [0.1, 0.15) is 27.0 Å². The van der Waals surface area contributed by atoms with Gasteiger partial charge in [-0.3, -0.25) is 4.79 Å². The number of amides is 1. The minimum atomic E-state index is -5.09. The third kappa shape index (κ3) is 5.41. The summed E-state index contributed by atoms with van der Waals surface area (Å²) in [6.07, 6.45) is -9.98. The lowest BCUT2D eigenvalue weighted by molar-refractivity contribution is -0.139. The molecular formula is C22H13F8NO2. The van der Waals surface area contributed by atoms with Crippen LogP contribution in [-0.2, 0) is 12.4 Å². The van der Waals surface area contributed by atoms with Crippen molar-refractivity contribution in [2.24, 2.45) is 0 Å². The van der Waals surface area contributed by atoms with Crippen molar-refractivity contribution in [3.63, 3.8) is 0 Å². The number of ether oxygens (including phenoxy) is 1. The lowest BCUT2D eigenvalue weighted by atomic mass is 10.1. The number of halogens is 8. The van der Waals surface area contributed by atoms with Crippen LogP contribution < -0.4 is 10.1 Å². The second-order valence-electron chi connectivity index (χ2n) is 6.86. The summed E-state index contributed by atoms with van der Waals surface area (Å²) in [6.45, 7) is 1.37. The molecule has 0 aliphatic heterocycles. The Morgan fingerprint density at radius 2 is 1.33 bits per heavy atom. The molecule has 0 radical (unpaired) electrons. The average molecular weight is 475 g/mol. The van der Waals surface area contributed by atoms with Crippen LogP contribution in [0.3, 0.4) is 0 Å². The van der Waals surface area contributed by atoms with Gasteiger partial charge in [0, 0.05) is 5.69 Å². The molecule has 0 spiro atoms. The fourth-order valence-electron chi connectivity index (χ4n) is 2.94. The first-order valence-corrected chi connectivity index (χ1v) is 9.09. The Hall–Kier alpha value is -3.63. The summed E-state index contributed by atoms with van der Waals surface area (Å²) >= 11 is 0. The maximum atomic E-state index is 14.0. The lowest BCUT2D eigenvalue weighted by Crippen LogP contribution is -2.17. The molecule has 1 amide bonds. The fourth-order valence-corrected chi connectivity index (χ4v) is 2.94. The molecule has 0 unspecified atom stereocenters. The molecule has 1 N–H and O–H groups in total. The number of aryl methyl sites for hydroxylation is 1. The molecule has 0 bridgehead atoms. The molecule has 0 heterocycles. The van der Waals surface area contributed by atoms with Gasteiger partial charge in [-0.15, -0.1) is 0 Å². The van der Waals surface area contributed by atoms with Crippen LogP contribution in [0.2, 0.25) is 0 Å². The minimum Gasteiger partial charge on any atom is -0.456 e. The Kier molecular flexibility index (Phi) is 6.35. The van der Waals surface area contributed by atoms with Crippen molar-refractivity contribution in [2.45, 2.75) is 19.3 Å². The van der Waals surface area contributed by atoms with Crippen molar-refractivity contribution in [2.75, 3.05) is 5.32 Å². The third-order valence-corrected chi connectivity index (χ3v) is 4.37. The Morgan fingerprint density at radius 1 is 0.788 bits per heavy atom. The van der Waals surface area contributed by atoms with Gasteiger partial charge >= 0.3 is 12.4 Å². The van der Waals surface area contributed by atoms with Gasteiger partial charge in [0.1, 0.15) is 34.3 Å². The second-order valence-corrected chi connectivity index (χ2v) is 6.86. The van der Waals surface area contributed by atoms with Crippen LogP contribution in [-0.4, -0.2) is 5.91 Å². The number of benzene rings is 3. The molecule has 0 aliphatic rings. The smallest absolute Gasteiger partial charge is 0.420 e. The van der Waals surface area contributed by atoms with E-state index >= 15 is 0 Å². The number of nitrogens with one attached hydrogen (secondary N) is 1. The molecule has 0 saturated heterocycles. The number of anilines is 1. The predicted molar refractivity (Wildman–Crippen MR) is 102 cm³/mol. The van der Waals surface area contributed by atoms with E-state index in [0.29, 0.717) is 18.2 Å². The van der Waals surface area contributed by atoms with E-state index in [9.17, 15) is 39.9 Å². The van der Waals surface area contributed by atoms with Crippen molar-refractivity contribution < 1.29 is 44.7 Å². The number of para-hydroxylation sites is 1. The highest BCUT2D eigenvalue weighted by atomic mass is 19.4. The summed E-state index contributed by atoms with van der Waals surface area (Å²) in [5.41, 5.74) is -4.14. The Bertz CT molecular complexity index is 1180. The Morgan fingerprint density at radius 3 is 1.91 bits per heavy atom. The van der Waals surface area contributed by atoms with Crippen molar-refractivity contribution in [1.29, 1.82) is 0 Å². The average Bonchev–Trinajstić information content (AvgIpc) is 2.67. The third-order valence-electron chi connectivity index (χ3n) is 4.37. The van der Waals surface area contributed by atoms with Gasteiger partial charge < -0.3 is 10.1 Å². The zero-order valence-corrected chi connectivity index (χ0v) is 16.5. The van der Waals surface area contributed by atoms with Crippen LogP contribution >= 0.6 is 0 Å². The van der Waals surface area contributed by atoms with E-state index in [0.717, 1.165) is 36.4 Å². The van der Waals surface area contributed by atoms with Crippen molar-refractivity contribution in [3.05, 3.63) is 88.5 Å². The van der Waals surface area contributed by atoms with Gasteiger partial charge in [0.15, 0.2) is 0 Å². The highest BCUT2D eigenvalue weighted by Crippen LogP contribution is 2.43. The largest absolute Gasteiger partial charge is 0.456 e. The first kappa shape index (κ1) is 24.0. The molecule has 3 aromatic carbocycles. The van der Waals surface area contributed by atoms with E-state index < -0.39 is 63.8 Å². The Labute approximate surface area is 181 Å². The maximum Gasteiger partial charge on any atom is 0.420 e. The summed E-state index contributed by atoms with van der Waals surface area (Å²) in [7, 11) is 0. The fraction of sp³-hybridized carbons (Fsp3) is 0.136. The van der Waals surface area contributed by atoms with Gasteiger partial charge in [-0.05, 0) is 55.0 Å². The zero-order valence-electron chi connectivity index (χ0n) is 16.5. The van der Waals surface area contributed by atoms with E-state index in [4.69, 9.17) is 4.74 Å². The van der Waals surface area contributed by atoms with E-state index in [1.807, 2.05) is 5.32 Å². The van der Waals surface area contributed by atoms with Crippen LogP contribution in [0.15, 0.2) is 54.6 Å². The second kappa shape index (κ2) is 8.72. The van der Waals surface area contributed by atoms with Crippen molar-refractivity contribution in [1.82, 2.24) is 0 Å². The molecule has 3 nitrogen and oxygen atoms in total. The predicted octanol–water partition coefficient (Wildman–Crippen LogP) is 7.36. The molecule has 0 saturated carbocycles. The normalized spacial score (nSPS) is 11.9. The van der Waals surface area contributed by atoms with Gasteiger partial charge in [-0.1, -0.05) is 12.1 Å². The molecule has 33 heavy (non-hydrogen) atoms. The van der Waals surface area contributed by atoms with Gasteiger partial charge in [0.2, 0.25) is 0 Å². The van der Waals surface area contributed by atoms with Gasteiger partial charge in [-0.25, -0.2) is 8.78 Å². The van der Waals surface area contributed by atoms with Gasteiger partial charge in [0.05, 0.1) is 5.56 Å². The lowest BCUT2D eigenvalue weighted by Gasteiger charge is -2.18. The SMILES string of the molecule is Cc1cc(F)c(C(=O)Nc2ccc(Oc3ccccc3C(F)(F)F)c(C(F)(F)F)c2)c(F)c1. The molecule has 11 heteroatoms.